The van der Waals surface area contributed by atoms with Crippen molar-refractivity contribution in [1.29, 1.82) is 0 Å². The van der Waals surface area contributed by atoms with E-state index in [0.717, 1.165) is 37.3 Å². The lowest BCUT2D eigenvalue weighted by Crippen LogP contribution is -2.25. The van der Waals surface area contributed by atoms with Gasteiger partial charge in [0.05, 0.1) is 5.56 Å². The number of hydrogen-bond donors (Lipinski definition) is 1. The standard InChI is InChI=1S/C13H19F3N2/c1-3-7-18(4-2)12-6-5-11(13(14,15)16)8-10(12)9-17/h5-6,8H,3-4,7,9,17H2,1-2H3. The highest BCUT2D eigenvalue weighted by Gasteiger charge is 2.31. The first kappa shape index (κ1) is 14.8. The summed E-state index contributed by atoms with van der Waals surface area (Å²) in [6.07, 6.45) is -3.37. The summed E-state index contributed by atoms with van der Waals surface area (Å²) in [5, 5.41) is 0. The molecule has 2 N–H and O–H groups in total. The molecule has 0 radical (unpaired) electrons. The molecule has 0 heterocycles. The summed E-state index contributed by atoms with van der Waals surface area (Å²) in [7, 11) is 0. The van der Waals surface area contributed by atoms with E-state index >= 15 is 0 Å². The highest BCUT2D eigenvalue weighted by molar-refractivity contribution is 5.55. The van der Waals surface area contributed by atoms with Crippen molar-refractivity contribution in [1.82, 2.24) is 0 Å². The van der Waals surface area contributed by atoms with Crippen LogP contribution in [0.3, 0.4) is 0 Å². The highest BCUT2D eigenvalue weighted by Crippen LogP contribution is 2.32. The molecule has 0 unspecified atom stereocenters. The zero-order chi connectivity index (χ0) is 13.8. The van der Waals surface area contributed by atoms with E-state index in [0.29, 0.717) is 5.56 Å². The van der Waals surface area contributed by atoms with Gasteiger partial charge in [-0.2, -0.15) is 13.2 Å². The number of alkyl halides is 3. The molecular formula is C13H19F3N2. The number of benzene rings is 1. The predicted octanol–water partition coefficient (Wildman–Crippen LogP) is 3.40. The quantitative estimate of drug-likeness (QED) is 0.879. The minimum Gasteiger partial charge on any atom is -0.372 e. The largest absolute Gasteiger partial charge is 0.416 e. The average molecular weight is 260 g/mol. The van der Waals surface area contributed by atoms with Gasteiger partial charge < -0.3 is 10.6 Å². The van der Waals surface area contributed by atoms with Crippen molar-refractivity contribution in [3.63, 3.8) is 0 Å². The van der Waals surface area contributed by atoms with Crippen LogP contribution in [0.5, 0.6) is 0 Å². The van der Waals surface area contributed by atoms with Crippen LogP contribution in [0.25, 0.3) is 0 Å². The first-order chi connectivity index (χ1) is 8.43. The van der Waals surface area contributed by atoms with Crippen LogP contribution >= 0.6 is 0 Å². The Hall–Kier alpha value is -1.23. The van der Waals surface area contributed by atoms with Crippen molar-refractivity contribution in [2.45, 2.75) is 33.0 Å². The van der Waals surface area contributed by atoms with E-state index < -0.39 is 11.7 Å². The second-order valence-corrected chi connectivity index (χ2v) is 4.13. The Labute approximate surface area is 106 Å². The first-order valence-electron chi connectivity index (χ1n) is 6.09. The summed E-state index contributed by atoms with van der Waals surface area (Å²) >= 11 is 0. The fourth-order valence-electron chi connectivity index (χ4n) is 1.95. The van der Waals surface area contributed by atoms with Gasteiger partial charge in [0.15, 0.2) is 0 Å². The number of rotatable bonds is 5. The Morgan fingerprint density at radius 3 is 2.33 bits per heavy atom. The average Bonchev–Trinajstić information content (AvgIpc) is 2.34. The van der Waals surface area contributed by atoms with Crippen LogP contribution in [0.4, 0.5) is 18.9 Å². The summed E-state index contributed by atoms with van der Waals surface area (Å²) in [5.41, 5.74) is 6.26. The summed E-state index contributed by atoms with van der Waals surface area (Å²) in [6.45, 7) is 5.70. The molecule has 0 bridgehead atoms. The van der Waals surface area contributed by atoms with Crippen molar-refractivity contribution in [2.24, 2.45) is 5.73 Å². The van der Waals surface area contributed by atoms with E-state index in [1.807, 2.05) is 18.7 Å². The molecule has 0 atom stereocenters. The summed E-state index contributed by atoms with van der Waals surface area (Å²) in [5.74, 6) is 0. The molecule has 0 spiro atoms. The van der Waals surface area contributed by atoms with Crippen LogP contribution in [0.1, 0.15) is 31.4 Å². The van der Waals surface area contributed by atoms with Crippen molar-refractivity contribution >= 4 is 5.69 Å². The molecule has 0 amide bonds. The molecule has 0 saturated heterocycles. The third-order valence-corrected chi connectivity index (χ3v) is 2.84. The maximum absolute atomic E-state index is 12.6. The molecule has 0 saturated carbocycles. The van der Waals surface area contributed by atoms with E-state index in [1.165, 1.54) is 6.07 Å². The maximum Gasteiger partial charge on any atom is 0.416 e. The minimum absolute atomic E-state index is 0.111. The Balaban J connectivity index is 3.14. The molecule has 0 aromatic heterocycles. The van der Waals surface area contributed by atoms with Gasteiger partial charge in [-0.25, -0.2) is 0 Å². The second-order valence-electron chi connectivity index (χ2n) is 4.13. The number of hydrogen-bond acceptors (Lipinski definition) is 2. The normalized spacial score (nSPS) is 11.7. The molecule has 0 fully saturated rings. The Morgan fingerprint density at radius 1 is 1.22 bits per heavy atom. The van der Waals surface area contributed by atoms with E-state index in [2.05, 4.69) is 0 Å². The Bertz CT molecular complexity index is 388. The Morgan fingerprint density at radius 2 is 1.89 bits per heavy atom. The number of nitrogens with two attached hydrogens (primary N) is 1. The van der Waals surface area contributed by atoms with E-state index in [-0.39, 0.29) is 6.54 Å². The van der Waals surface area contributed by atoms with Gasteiger partial charge in [0, 0.05) is 25.3 Å². The van der Waals surface area contributed by atoms with Crippen LogP contribution in [-0.2, 0) is 12.7 Å². The zero-order valence-electron chi connectivity index (χ0n) is 10.7. The second kappa shape index (κ2) is 6.09. The number of anilines is 1. The molecule has 1 aromatic rings. The van der Waals surface area contributed by atoms with E-state index in [1.54, 1.807) is 0 Å². The molecule has 1 aromatic carbocycles. The molecule has 0 aliphatic heterocycles. The Kier molecular flexibility index (Phi) is 5.02. The van der Waals surface area contributed by atoms with Crippen molar-refractivity contribution in [3.05, 3.63) is 29.3 Å². The topological polar surface area (TPSA) is 29.3 Å². The van der Waals surface area contributed by atoms with Crippen LogP contribution in [-0.4, -0.2) is 13.1 Å². The summed E-state index contributed by atoms with van der Waals surface area (Å²) in [6, 6.07) is 3.78. The maximum atomic E-state index is 12.6. The third-order valence-electron chi connectivity index (χ3n) is 2.84. The lowest BCUT2D eigenvalue weighted by Gasteiger charge is -2.25. The van der Waals surface area contributed by atoms with E-state index in [9.17, 15) is 13.2 Å². The van der Waals surface area contributed by atoms with Gasteiger partial charge >= 0.3 is 6.18 Å². The van der Waals surface area contributed by atoms with Crippen LogP contribution in [0.15, 0.2) is 18.2 Å². The van der Waals surface area contributed by atoms with Gasteiger partial charge in [0.1, 0.15) is 0 Å². The van der Waals surface area contributed by atoms with Gasteiger partial charge in [-0.1, -0.05) is 6.92 Å². The van der Waals surface area contributed by atoms with Gasteiger partial charge in [-0.3, -0.25) is 0 Å². The van der Waals surface area contributed by atoms with Gasteiger partial charge in [-0.15, -0.1) is 0 Å². The van der Waals surface area contributed by atoms with Crippen LogP contribution in [0, 0.1) is 0 Å². The van der Waals surface area contributed by atoms with Gasteiger partial charge in [-0.05, 0) is 37.1 Å². The molecule has 2 nitrogen and oxygen atoms in total. The van der Waals surface area contributed by atoms with Crippen LogP contribution in [0.2, 0.25) is 0 Å². The molecule has 0 aliphatic rings. The van der Waals surface area contributed by atoms with Crippen molar-refractivity contribution < 1.29 is 13.2 Å². The van der Waals surface area contributed by atoms with Crippen LogP contribution < -0.4 is 10.6 Å². The van der Waals surface area contributed by atoms with E-state index in [4.69, 9.17) is 5.73 Å². The first-order valence-corrected chi connectivity index (χ1v) is 6.09. The predicted molar refractivity (Wildman–Crippen MR) is 67.5 cm³/mol. The summed E-state index contributed by atoms with van der Waals surface area (Å²) < 4.78 is 37.8. The van der Waals surface area contributed by atoms with Crippen molar-refractivity contribution in [3.8, 4) is 0 Å². The monoisotopic (exact) mass is 260 g/mol. The fraction of sp³-hybridized carbons (Fsp3) is 0.538. The zero-order valence-corrected chi connectivity index (χ0v) is 10.7. The van der Waals surface area contributed by atoms with Gasteiger partial charge in [0.25, 0.3) is 0 Å². The van der Waals surface area contributed by atoms with Gasteiger partial charge in [0.2, 0.25) is 0 Å². The smallest absolute Gasteiger partial charge is 0.372 e. The molecule has 1 rings (SSSR count). The lowest BCUT2D eigenvalue weighted by atomic mass is 10.1. The fourth-order valence-corrected chi connectivity index (χ4v) is 1.95. The molecule has 5 heteroatoms. The third kappa shape index (κ3) is 3.38. The minimum atomic E-state index is -4.32. The lowest BCUT2D eigenvalue weighted by molar-refractivity contribution is -0.137. The molecule has 0 aliphatic carbocycles. The number of halogens is 3. The number of nitrogens with zero attached hydrogens (tertiary/aromatic N) is 1. The molecular weight excluding hydrogens is 241 g/mol. The molecule has 102 valence electrons. The highest BCUT2D eigenvalue weighted by atomic mass is 19.4. The summed E-state index contributed by atoms with van der Waals surface area (Å²) in [4.78, 5) is 2.04. The SMILES string of the molecule is CCCN(CC)c1ccc(C(F)(F)F)cc1CN. The van der Waals surface area contributed by atoms with Crippen molar-refractivity contribution in [2.75, 3.05) is 18.0 Å². The molecule has 18 heavy (non-hydrogen) atoms.